The molecule has 2 amide bonds. The number of anilines is 1. The summed E-state index contributed by atoms with van der Waals surface area (Å²) in [6, 6.07) is 20.0. The van der Waals surface area contributed by atoms with E-state index in [-0.39, 0.29) is 24.3 Å². The Labute approximate surface area is 169 Å². The number of para-hydroxylation sites is 1. The van der Waals surface area contributed by atoms with Crippen LogP contribution in [0, 0.1) is 5.92 Å². The van der Waals surface area contributed by atoms with Crippen LogP contribution in [-0.2, 0) is 9.59 Å². The third-order valence-corrected chi connectivity index (χ3v) is 5.03. The molecule has 4 rings (SSSR count). The van der Waals surface area contributed by atoms with Crippen LogP contribution >= 0.6 is 0 Å². The van der Waals surface area contributed by atoms with E-state index in [1.807, 2.05) is 54.6 Å². The highest BCUT2D eigenvalue weighted by molar-refractivity contribution is 5.98. The fourth-order valence-corrected chi connectivity index (χ4v) is 3.61. The maximum atomic E-state index is 13.0. The molecule has 0 aliphatic carbocycles. The summed E-state index contributed by atoms with van der Waals surface area (Å²) in [7, 11) is 1.72. The van der Waals surface area contributed by atoms with Gasteiger partial charge in [-0.15, -0.1) is 0 Å². The summed E-state index contributed by atoms with van der Waals surface area (Å²) in [4.78, 5) is 31.0. The molecule has 0 radical (unpaired) electrons. The van der Waals surface area contributed by atoms with Crippen LogP contribution in [0.4, 0.5) is 5.69 Å². The molecule has 2 atom stereocenters. The molecule has 0 bridgehead atoms. The Morgan fingerprint density at radius 2 is 1.86 bits per heavy atom. The van der Waals surface area contributed by atoms with E-state index in [2.05, 4.69) is 10.3 Å². The zero-order valence-electron chi connectivity index (χ0n) is 16.0. The normalized spacial score (nSPS) is 18.5. The fourth-order valence-electron chi connectivity index (χ4n) is 3.61. The number of rotatable bonds is 5. The van der Waals surface area contributed by atoms with Crippen molar-refractivity contribution in [1.82, 2.24) is 9.88 Å². The number of hydrogen-bond acceptors (Lipinski definition) is 4. The average Bonchev–Trinajstić information content (AvgIpc) is 3.04. The smallest absolute Gasteiger partial charge is 0.230 e. The second-order valence-corrected chi connectivity index (χ2v) is 6.98. The van der Waals surface area contributed by atoms with Crippen molar-refractivity contribution >= 4 is 17.5 Å². The first-order chi connectivity index (χ1) is 14.1. The zero-order valence-corrected chi connectivity index (χ0v) is 16.0. The van der Waals surface area contributed by atoms with Gasteiger partial charge < -0.3 is 15.0 Å². The molecule has 1 aliphatic heterocycles. The van der Waals surface area contributed by atoms with Crippen molar-refractivity contribution in [2.24, 2.45) is 5.92 Å². The summed E-state index contributed by atoms with van der Waals surface area (Å²) < 4.78 is 5.83. The van der Waals surface area contributed by atoms with Crippen LogP contribution in [0.2, 0.25) is 0 Å². The van der Waals surface area contributed by atoms with Crippen LogP contribution in [0.15, 0.2) is 79.1 Å². The molecule has 3 aromatic rings. The number of carbonyl (C=O) groups excluding carboxylic acids is 2. The van der Waals surface area contributed by atoms with Gasteiger partial charge in [0, 0.05) is 37.6 Å². The number of nitrogens with one attached hydrogen (secondary N) is 1. The summed E-state index contributed by atoms with van der Waals surface area (Å²) in [6.07, 6.45) is 3.55. The monoisotopic (exact) mass is 387 g/mol. The molecule has 2 aromatic carbocycles. The number of ether oxygens (including phenoxy) is 1. The summed E-state index contributed by atoms with van der Waals surface area (Å²) >= 11 is 0. The van der Waals surface area contributed by atoms with E-state index in [1.54, 1.807) is 36.5 Å². The van der Waals surface area contributed by atoms with Crippen LogP contribution in [0.25, 0.3) is 0 Å². The van der Waals surface area contributed by atoms with E-state index < -0.39 is 5.92 Å². The van der Waals surface area contributed by atoms with E-state index in [0.29, 0.717) is 11.4 Å². The topological polar surface area (TPSA) is 71.5 Å². The Balaban J connectivity index is 1.51. The van der Waals surface area contributed by atoms with Crippen LogP contribution in [0.1, 0.15) is 18.0 Å². The highest BCUT2D eigenvalue weighted by atomic mass is 16.5. The van der Waals surface area contributed by atoms with Gasteiger partial charge in [0.2, 0.25) is 11.8 Å². The first-order valence-corrected chi connectivity index (χ1v) is 9.41. The predicted molar refractivity (Wildman–Crippen MR) is 109 cm³/mol. The highest BCUT2D eigenvalue weighted by Crippen LogP contribution is 2.37. The molecule has 6 nitrogen and oxygen atoms in total. The van der Waals surface area contributed by atoms with Gasteiger partial charge in [-0.1, -0.05) is 30.3 Å². The number of aromatic nitrogens is 1. The standard InChI is InChI=1S/C23H21N3O3/c1-26-21(27)14-20(22(26)16-7-6-12-24-15-16)23(28)25-17-8-5-11-19(13-17)29-18-9-3-2-4-10-18/h2-13,15,20,22H,14H2,1H3,(H,25,28). The van der Waals surface area contributed by atoms with Crippen molar-refractivity contribution < 1.29 is 14.3 Å². The third kappa shape index (κ3) is 4.11. The lowest BCUT2D eigenvalue weighted by Gasteiger charge is -2.24. The molecule has 0 saturated carbocycles. The van der Waals surface area contributed by atoms with Crippen molar-refractivity contribution in [1.29, 1.82) is 0 Å². The number of pyridine rings is 1. The van der Waals surface area contributed by atoms with Gasteiger partial charge in [-0.05, 0) is 35.9 Å². The fraction of sp³-hybridized carbons (Fsp3) is 0.174. The largest absolute Gasteiger partial charge is 0.457 e. The minimum absolute atomic E-state index is 0.0554. The number of benzene rings is 2. The van der Waals surface area contributed by atoms with Crippen molar-refractivity contribution in [2.75, 3.05) is 12.4 Å². The Bertz CT molecular complexity index is 1010. The number of likely N-dealkylation sites (tertiary alicyclic amines) is 1. The maximum Gasteiger partial charge on any atom is 0.230 e. The lowest BCUT2D eigenvalue weighted by molar-refractivity contribution is -0.127. The molecular formula is C23H21N3O3. The summed E-state index contributed by atoms with van der Waals surface area (Å²) in [5.74, 6) is 0.594. The number of carbonyl (C=O) groups is 2. The summed E-state index contributed by atoms with van der Waals surface area (Å²) in [5.41, 5.74) is 1.47. The average molecular weight is 387 g/mol. The Hall–Kier alpha value is -3.67. The third-order valence-electron chi connectivity index (χ3n) is 5.03. The quantitative estimate of drug-likeness (QED) is 0.717. The van der Waals surface area contributed by atoms with Crippen LogP contribution in [0.3, 0.4) is 0 Å². The summed E-state index contributed by atoms with van der Waals surface area (Å²) in [6.45, 7) is 0. The Kier molecular flexibility index (Phi) is 5.24. The zero-order chi connectivity index (χ0) is 20.2. The van der Waals surface area contributed by atoms with E-state index in [4.69, 9.17) is 4.74 Å². The van der Waals surface area contributed by atoms with Crippen molar-refractivity contribution in [3.8, 4) is 11.5 Å². The van der Waals surface area contributed by atoms with Gasteiger partial charge in [0.15, 0.2) is 0 Å². The number of nitrogens with zero attached hydrogens (tertiary/aromatic N) is 2. The number of amides is 2. The molecule has 2 unspecified atom stereocenters. The lowest BCUT2D eigenvalue weighted by Crippen LogP contribution is -2.30. The van der Waals surface area contributed by atoms with Gasteiger partial charge >= 0.3 is 0 Å². The molecule has 1 saturated heterocycles. The molecule has 146 valence electrons. The van der Waals surface area contributed by atoms with Crippen LogP contribution < -0.4 is 10.1 Å². The van der Waals surface area contributed by atoms with E-state index in [0.717, 1.165) is 11.3 Å². The molecule has 1 aromatic heterocycles. The Morgan fingerprint density at radius 1 is 1.07 bits per heavy atom. The van der Waals surface area contributed by atoms with Crippen molar-refractivity contribution in [3.63, 3.8) is 0 Å². The van der Waals surface area contributed by atoms with Crippen molar-refractivity contribution in [2.45, 2.75) is 12.5 Å². The SMILES string of the molecule is CN1C(=O)CC(C(=O)Nc2cccc(Oc3ccccc3)c2)C1c1cccnc1. The molecule has 0 spiro atoms. The molecule has 29 heavy (non-hydrogen) atoms. The molecule has 1 aliphatic rings. The van der Waals surface area contributed by atoms with E-state index >= 15 is 0 Å². The first-order valence-electron chi connectivity index (χ1n) is 9.41. The maximum absolute atomic E-state index is 13.0. The van der Waals surface area contributed by atoms with Gasteiger partial charge in [0.25, 0.3) is 0 Å². The predicted octanol–water partition coefficient (Wildman–Crippen LogP) is 4.03. The highest BCUT2D eigenvalue weighted by Gasteiger charge is 2.42. The molecule has 2 heterocycles. The molecule has 6 heteroatoms. The van der Waals surface area contributed by atoms with E-state index in [1.165, 1.54) is 0 Å². The van der Waals surface area contributed by atoms with Gasteiger partial charge in [0.05, 0.1) is 12.0 Å². The molecule has 1 N–H and O–H groups in total. The second kappa shape index (κ2) is 8.14. The molecular weight excluding hydrogens is 366 g/mol. The first kappa shape index (κ1) is 18.7. The molecule has 1 fully saturated rings. The van der Waals surface area contributed by atoms with Gasteiger partial charge in [-0.25, -0.2) is 0 Å². The van der Waals surface area contributed by atoms with Gasteiger partial charge in [-0.2, -0.15) is 0 Å². The minimum Gasteiger partial charge on any atom is -0.457 e. The van der Waals surface area contributed by atoms with Crippen LogP contribution in [-0.4, -0.2) is 28.7 Å². The van der Waals surface area contributed by atoms with E-state index in [9.17, 15) is 9.59 Å². The lowest BCUT2D eigenvalue weighted by atomic mass is 9.94. The minimum atomic E-state index is -0.490. The Morgan fingerprint density at radius 3 is 2.62 bits per heavy atom. The number of hydrogen-bond donors (Lipinski definition) is 1. The van der Waals surface area contributed by atoms with Gasteiger partial charge in [0.1, 0.15) is 11.5 Å². The van der Waals surface area contributed by atoms with Crippen molar-refractivity contribution in [3.05, 3.63) is 84.7 Å². The van der Waals surface area contributed by atoms with Crippen LogP contribution in [0.5, 0.6) is 11.5 Å². The van der Waals surface area contributed by atoms with Gasteiger partial charge in [-0.3, -0.25) is 14.6 Å². The summed E-state index contributed by atoms with van der Waals surface area (Å²) in [5, 5.41) is 2.93. The second-order valence-electron chi connectivity index (χ2n) is 6.98.